The average molecular weight is 259 g/mol. The third-order valence-corrected chi connectivity index (χ3v) is 3.09. The van der Waals surface area contributed by atoms with E-state index in [1.165, 1.54) is 19.3 Å². The summed E-state index contributed by atoms with van der Waals surface area (Å²) in [6.45, 7) is 1.73. The average Bonchev–Trinajstić information content (AvgIpc) is 2.92. The van der Waals surface area contributed by atoms with Crippen molar-refractivity contribution < 1.29 is 0 Å². The maximum atomic E-state index is 5.46. The summed E-state index contributed by atoms with van der Waals surface area (Å²) in [5, 5.41) is 8.32. The van der Waals surface area contributed by atoms with Crippen molar-refractivity contribution in [1.29, 1.82) is 0 Å². The molecule has 0 saturated carbocycles. The van der Waals surface area contributed by atoms with Crippen LogP contribution in [-0.2, 0) is 6.54 Å². The van der Waals surface area contributed by atoms with Gasteiger partial charge in [-0.15, -0.1) is 5.10 Å². The van der Waals surface area contributed by atoms with Crippen LogP contribution in [0.1, 0.15) is 32.1 Å². The van der Waals surface area contributed by atoms with Gasteiger partial charge in [0.2, 0.25) is 0 Å². The molecule has 5 heteroatoms. The molecule has 0 aliphatic carbocycles. The van der Waals surface area contributed by atoms with Crippen LogP contribution >= 0.6 is 0 Å². The van der Waals surface area contributed by atoms with Crippen molar-refractivity contribution >= 4 is 0 Å². The van der Waals surface area contributed by atoms with E-state index in [0.717, 1.165) is 37.2 Å². The zero-order valence-electron chi connectivity index (χ0n) is 11.2. The maximum Gasteiger partial charge on any atom is 0.114 e. The summed E-state index contributed by atoms with van der Waals surface area (Å²) in [6.07, 6.45) is 11.5. The SMILES string of the molecule is NCCCCCCCn1cc(-c2cccnc2)nn1. The number of rotatable bonds is 8. The van der Waals surface area contributed by atoms with Crippen LogP contribution in [0.15, 0.2) is 30.7 Å². The second-order valence-electron chi connectivity index (χ2n) is 4.66. The summed E-state index contributed by atoms with van der Waals surface area (Å²) in [4.78, 5) is 4.09. The third kappa shape index (κ3) is 4.44. The van der Waals surface area contributed by atoms with Crippen molar-refractivity contribution in [1.82, 2.24) is 20.0 Å². The molecule has 0 amide bonds. The molecule has 102 valence electrons. The van der Waals surface area contributed by atoms with Gasteiger partial charge in [0.25, 0.3) is 0 Å². The number of pyridine rings is 1. The molecule has 0 spiro atoms. The number of aryl methyl sites for hydroxylation is 1. The standard InChI is InChI=1S/C14H21N5/c15-8-4-2-1-3-5-10-19-12-14(17-18-19)13-7-6-9-16-11-13/h6-7,9,11-12H,1-5,8,10,15H2. The van der Waals surface area contributed by atoms with Gasteiger partial charge in [0.15, 0.2) is 0 Å². The lowest BCUT2D eigenvalue weighted by atomic mass is 10.1. The van der Waals surface area contributed by atoms with Gasteiger partial charge in [0.05, 0.1) is 6.20 Å². The largest absolute Gasteiger partial charge is 0.330 e. The Balaban J connectivity index is 1.75. The van der Waals surface area contributed by atoms with Gasteiger partial charge in [-0.2, -0.15) is 0 Å². The van der Waals surface area contributed by atoms with Crippen molar-refractivity contribution in [3.05, 3.63) is 30.7 Å². The normalized spacial score (nSPS) is 10.8. The Kier molecular flexibility index (Phi) is 5.49. The minimum atomic E-state index is 0.803. The Hall–Kier alpha value is -1.75. The highest BCUT2D eigenvalue weighted by atomic mass is 15.4. The van der Waals surface area contributed by atoms with Gasteiger partial charge in [-0.3, -0.25) is 9.67 Å². The number of hydrogen-bond donors (Lipinski definition) is 1. The molecule has 0 aliphatic heterocycles. The first-order valence-corrected chi connectivity index (χ1v) is 6.91. The lowest BCUT2D eigenvalue weighted by molar-refractivity contribution is 0.518. The minimum absolute atomic E-state index is 0.803. The molecule has 0 fully saturated rings. The van der Waals surface area contributed by atoms with Gasteiger partial charge in [0.1, 0.15) is 5.69 Å². The number of aromatic nitrogens is 4. The summed E-state index contributed by atoms with van der Waals surface area (Å²) in [6, 6.07) is 3.90. The highest BCUT2D eigenvalue weighted by Gasteiger charge is 2.03. The van der Waals surface area contributed by atoms with Gasteiger partial charge < -0.3 is 5.73 Å². The van der Waals surface area contributed by atoms with Crippen molar-refractivity contribution in [3.8, 4) is 11.3 Å². The van der Waals surface area contributed by atoms with E-state index in [2.05, 4.69) is 15.3 Å². The first-order valence-electron chi connectivity index (χ1n) is 6.91. The van der Waals surface area contributed by atoms with Gasteiger partial charge in [-0.05, 0) is 31.5 Å². The molecule has 0 atom stereocenters. The fourth-order valence-corrected chi connectivity index (χ4v) is 2.00. The van der Waals surface area contributed by atoms with Crippen LogP contribution in [0.3, 0.4) is 0 Å². The summed E-state index contributed by atoms with van der Waals surface area (Å²) >= 11 is 0. The van der Waals surface area contributed by atoms with Crippen LogP contribution < -0.4 is 5.73 Å². The van der Waals surface area contributed by atoms with Gasteiger partial charge in [0, 0.05) is 24.5 Å². The Bertz CT molecular complexity index is 466. The molecule has 2 heterocycles. The van der Waals surface area contributed by atoms with Gasteiger partial charge >= 0.3 is 0 Å². The van der Waals surface area contributed by atoms with E-state index in [0.29, 0.717) is 0 Å². The van der Waals surface area contributed by atoms with Gasteiger partial charge in [-0.1, -0.05) is 24.5 Å². The van der Waals surface area contributed by atoms with Crippen LogP contribution in [0, 0.1) is 0 Å². The summed E-state index contributed by atoms with van der Waals surface area (Å²) < 4.78 is 1.91. The van der Waals surface area contributed by atoms with Crippen LogP contribution in [0.4, 0.5) is 0 Å². The second-order valence-corrected chi connectivity index (χ2v) is 4.66. The Labute approximate surface area is 113 Å². The van der Waals surface area contributed by atoms with Crippen LogP contribution in [0.5, 0.6) is 0 Å². The number of unbranched alkanes of at least 4 members (excludes halogenated alkanes) is 4. The molecule has 19 heavy (non-hydrogen) atoms. The van der Waals surface area contributed by atoms with E-state index in [4.69, 9.17) is 5.73 Å². The minimum Gasteiger partial charge on any atom is -0.330 e. The number of nitrogens with two attached hydrogens (primary N) is 1. The van der Waals surface area contributed by atoms with Crippen molar-refractivity contribution in [3.63, 3.8) is 0 Å². The first-order chi connectivity index (χ1) is 9.40. The van der Waals surface area contributed by atoms with E-state index in [-0.39, 0.29) is 0 Å². The zero-order chi connectivity index (χ0) is 13.3. The maximum absolute atomic E-state index is 5.46. The molecule has 5 nitrogen and oxygen atoms in total. The highest BCUT2D eigenvalue weighted by Crippen LogP contribution is 2.14. The molecule has 2 aromatic rings. The Morgan fingerprint density at radius 1 is 1.11 bits per heavy atom. The van der Waals surface area contributed by atoms with E-state index in [1.54, 1.807) is 12.4 Å². The van der Waals surface area contributed by atoms with E-state index in [9.17, 15) is 0 Å². The lowest BCUT2D eigenvalue weighted by Gasteiger charge is -2.00. The number of nitrogens with zero attached hydrogens (tertiary/aromatic N) is 4. The molecule has 0 aromatic carbocycles. The number of hydrogen-bond acceptors (Lipinski definition) is 4. The van der Waals surface area contributed by atoms with Crippen molar-refractivity contribution in [2.75, 3.05) is 6.54 Å². The van der Waals surface area contributed by atoms with E-state index < -0.39 is 0 Å². The predicted octanol–water partition coefficient (Wildman–Crippen LogP) is 2.25. The summed E-state index contributed by atoms with van der Waals surface area (Å²) in [7, 11) is 0. The molecule has 2 rings (SSSR count). The van der Waals surface area contributed by atoms with Gasteiger partial charge in [-0.25, -0.2) is 0 Å². The van der Waals surface area contributed by atoms with Crippen LogP contribution in [-0.4, -0.2) is 26.5 Å². The molecule has 0 unspecified atom stereocenters. The molecular formula is C14H21N5. The van der Waals surface area contributed by atoms with E-state index in [1.807, 2.05) is 23.0 Å². The molecule has 2 N–H and O–H groups in total. The Morgan fingerprint density at radius 2 is 1.95 bits per heavy atom. The predicted molar refractivity (Wildman–Crippen MR) is 75.4 cm³/mol. The molecule has 2 aromatic heterocycles. The van der Waals surface area contributed by atoms with Crippen LogP contribution in [0.2, 0.25) is 0 Å². The summed E-state index contributed by atoms with van der Waals surface area (Å²) in [5.41, 5.74) is 7.36. The summed E-state index contributed by atoms with van der Waals surface area (Å²) in [5.74, 6) is 0. The molecule has 0 saturated heterocycles. The quantitative estimate of drug-likeness (QED) is 0.738. The second kappa shape index (κ2) is 7.63. The van der Waals surface area contributed by atoms with Crippen molar-refractivity contribution in [2.24, 2.45) is 5.73 Å². The lowest BCUT2D eigenvalue weighted by Crippen LogP contribution is -2.00. The third-order valence-electron chi connectivity index (χ3n) is 3.09. The fraction of sp³-hybridized carbons (Fsp3) is 0.500. The van der Waals surface area contributed by atoms with Crippen LogP contribution in [0.25, 0.3) is 11.3 Å². The molecule has 0 bridgehead atoms. The zero-order valence-corrected chi connectivity index (χ0v) is 11.2. The van der Waals surface area contributed by atoms with E-state index >= 15 is 0 Å². The molecule has 0 radical (unpaired) electrons. The van der Waals surface area contributed by atoms with Crippen molar-refractivity contribution in [2.45, 2.75) is 38.6 Å². The fourth-order valence-electron chi connectivity index (χ4n) is 2.00. The topological polar surface area (TPSA) is 69.6 Å². The first kappa shape index (κ1) is 13.7. The Morgan fingerprint density at radius 3 is 2.74 bits per heavy atom. The molecular weight excluding hydrogens is 238 g/mol. The smallest absolute Gasteiger partial charge is 0.114 e. The monoisotopic (exact) mass is 259 g/mol. The molecule has 0 aliphatic rings. The highest BCUT2D eigenvalue weighted by molar-refractivity contribution is 5.55.